The van der Waals surface area contributed by atoms with Crippen molar-refractivity contribution in [1.29, 1.82) is 0 Å². The number of amides is 1. The third-order valence-electron chi connectivity index (χ3n) is 4.34. The lowest BCUT2D eigenvalue weighted by atomic mass is 10.0. The molecule has 0 aliphatic rings. The van der Waals surface area contributed by atoms with Crippen LogP contribution in [0.2, 0.25) is 5.02 Å². The van der Waals surface area contributed by atoms with Gasteiger partial charge in [0.25, 0.3) is 5.91 Å². The SMILES string of the molecule is O=C(NCCC#Cc1cnccc1-c1ccccc1)c1nc2c(Cl)cccc2[nH]1. The van der Waals surface area contributed by atoms with E-state index in [2.05, 4.69) is 32.1 Å². The van der Waals surface area contributed by atoms with Crippen LogP contribution in [0.4, 0.5) is 0 Å². The van der Waals surface area contributed by atoms with Gasteiger partial charge in [0, 0.05) is 30.9 Å². The van der Waals surface area contributed by atoms with Gasteiger partial charge in [0.05, 0.1) is 16.1 Å². The molecule has 0 radical (unpaired) electrons. The maximum absolute atomic E-state index is 12.3. The van der Waals surface area contributed by atoms with Crippen molar-refractivity contribution in [2.45, 2.75) is 6.42 Å². The highest BCUT2D eigenvalue weighted by atomic mass is 35.5. The molecule has 29 heavy (non-hydrogen) atoms. The predicted octanol–water partition coefficient (Wildman–Crippen LogP) is 4.45. The molecule has 1 amide bonds. The van der Waals surface area contributed by atoms with Gasteiger partial charge in [0.1, 0.15) is 5.52 Å². The van der Waals surface area contributed by atoms with Crippen molar-refractivity contribution in [2.24, 2.45) is 0 Å². The first-order chi connectivity index (χ1) is 14.2. The normalized spacial score (nSPS) is 10.4. The molecule has 142 valence electrons. The van der Waals surface area contributed by atoms with Gasteiger partial charge in [-0.2, -0.15) is 0 Å². The first-order valence-electron chi connectivity index (χ1n) is 9.13. The number of nitrogens with one attached hydrogen (secondary N) is 2. The summed E-state index contributed by atoms with van der Waals surface area (Å²) in [6.45, 7) is 0.414. The number of nitrogens with zero attached hydrogens (tertiary/aromatic N) is 2. The van der Waals surface area contributed by atoms with Crippen molar-refractivity contribution in [3.05, 3.63) is 83.4 Å². The van der Waals surface area contributed by atoms with E-state index in [1.165, 1.54) is 0 Å². The van der Waals surface area contributed by atoms with E-state index in [-0.39, 0.29) is 11.7 Å². The number of para-hydroxylation sites is 1. The Bertz CT molecular complexity index is 1220. The minimum absolute atomic E-state index is 0.236. The predicted molar refractivity (Wildman–Crippen MR) is 115 cm³/mol. The van der Waals surface area contributed by atoms with Crippen molar-refractivity contribution < 1.29 is 4.79 Å². The van der Waals surface area contributed by atoms with Crippen LogP contribution in [0.1, 0.15) is 22.6 Å². The highest BCUT2D eigenvalue weighted by Gasteiger charge is 2.12. The van der Waals surface area contributed by atoms with Crippen molar-refractivity contribution in [1.82, 2.24) is 20.3 Å². The number of halogens is 1. The number of aromatic nitrogens is 3. The second kappa shape index (κ2) is 8.59. The number of carbonyl (C=O) groups is 1. The highest BCUT2D eigenvalue weighted by molar-refractivity contribution is 6.35. The van der Waals surface area contributed by atoms with E-state index in [4.69, 9.17) is 11.6 Å². The zero-order chi connectivity index (χ0) is 20.1. The first-order valence-corrected chi connectivity index (χ1v) is 9.51. The molecular formula is C23H17ClN4O. The van der Waals surface area contributed by atoms with E-state index in [0.717, 1.165) is 22.2 Å². The number of imidazole rings is 1. The average molecular weight is 401 g/mol. The number of carbonyl (C=O) groups excluding carboxylic acids is 1. The van der Waals surface area contributed by atoms with Crippen LogP contribution in [-0.4, -0.2) is 27.4 Å². The van der Waals surface area contributed by atoms with E-state index in [9.17, 15) is 4.79 Å². The second-order valence-corrected chi connectivity index (χ2v) is 6.72. The Hall–Kier alpha value is -3.62. The van der Waals surface area contributed by atoms with Crippen LogP contribution in [0.5, 0.6) is 0 Å². The molecule has 5 nitrogen and oxygen atoms in total. The molecule has 0 aliphatic carbocycles. The Balaban J connectivity index is 1.39. The van der Waals surface area contributed by atoms with Gasteiger partial charge in [-0.05, 0) is 23.8 Å². The first kappa shape index (κ1) is 18.7. The molecule has 2 aromatic carbocycles. The van der Waals surface area contributed by atoms with Gasteiger partial charge in [-0.15, -0.1) is 0 Å². The summed E-state index contributed by atoms with van der Waals surface area (Å²) in [5.74, 6) is 6.20. The molecule has 0 saturated heterocycles. The minimum atomic E-state index is -0.287. The number of pyridine rings is 1. The van der Waals surface area contributed by atoms with Crippen molar-refractivity contribution >= 4 is 28.5 Å². The molecule has 6 heteroatoms. The summed E-state index contributed by atoms with van der Waals surface area (Å²) in [7, 11) is 0. The second-order valence-electron chi connectivity index (χ2n) is 6.32. The molecular weight excluding hydrogens is 384 g/mol. The van der Waals surface area contributed by atoms with Crippen LogP contribution >= 0.6 is 11.6 Å². The summed E-state index contributed by atoms with van der Waals surface area (Å²) in [5, 5.41) is 3.33. The van der Waals surface area contributed by atoms with Gasteiger partial charge >= 0.3 is 0 Å². The Morgan fingerprint density at radius 1 is 1.10 bits per heavy atom. The number of benzene rings is 2. The number of hydrogen-bond donors (Lipinski definition) is 2. The smallest absolute Gasteiger partial charge is 0.287 e. The highest BCUT2D eigenvalue weighted by Crippen LogP contribution is 2.22. The topological polar surface area (TPSA) is 70.7 Å². The fourth-order valence-corrected chi connectivity index (χ4v) is 3.16. The monoisotopic (exact) mass is 400 g/mol. The zero-order valence-electron chi connectivity index (χ0n) is 15.4. The van der Waals surface area contributed by atoms with E-state index in [1.807, 2.05) is 48.5 Å². The van der Waals surface area contributed by atoms with Gasteiger partial charge < -0.3 is 10.3 Å². The minimum Gasteiger partial charge on any atom is -0.348 e. The molecule has 4 aromatic rings. The summed E-state index contributed by atoms with van der Waals surface area (Å²) in [6, 6.07) is 17.4. The van der Waals surface area contributed by atoms with Gasteiger partial charge in [-0.1, -0.05) is 59.8 Å². The Kier molecular flexibility index (Phi) is 5.55. The van der Waals surface area contributed by atoms with Gasteiger partial charge in [-0.25, -0.2) is 4.98 Å². The Morgan fingerprint density at radius 3 is 2.79 bits per heavy atom. The number of fused-ring (bicyclic) bond motifs is 1. The van der Waals surface area contributed by atoms with E-state index in [1.54, 1.807) is 18.5 Å². The molecule has 0 atom stereocenters. The maximum atomic E-state index is 12.3. The van der Waals surface area contributed by atoms with Crippen molar-refractivity contribution in [2.75, 3.05) is 6.54 Å². The standard InChI is InChI=1S/C23H17ClN4O/c24-19-10-6-11-20-21(19)28-22(27-20)23(29)26-13-5-4-9-17-15-25-14-12-18(17)16-7-2-1-3-8-16/h1-3,6-8,10-12,14-15H,5,13H2,(H,26,29)(H,27,28). The lowest BCUT2D eigenvalue weighted by molar-refractivity contribution is 0.0945. The number of H-pyrrole nitrogens is 1. The maximum Gasteiger partial charge on any atom is 0.287 e. The van der Waals surface area contributed by atoms with Crippen LogP contribution in [0.3, 0.4) is 0 Å². The van der Waals surface area contributed by atoms with Crippen LogP contribution in [0.15, 0.2) is 67.0 Å². The molecule has 0 aliphatic heterocycles. The van der Waals surface area contributed by atoms with Crippen LogP contribution in [0, 0.1) is 11.8 Å². The van der Waals surface area contributed by atoms with E-state index in [0.29, 0.717) is 23.5 Å². The quantitative estimate of drug-likeness (QED) is 0.392. The molecule has 0 fully saturated rings. The van der Waals surface area contributed by atoms with Gasteiger partial charge in [0.15, 0.2) is 5.82 Å². The number of aromatic amines is 1. The van der Waals surface area contributed by atoms with Gasteiger partial charge in [-0.3, -0.25) is 9.78 Å². The number of hydrogen-bond acceptors (Lipinski definition) is 3. The molecule has 0 saturated carbocycles. The summed E-state index contributed by atoms with van der Waals surface area (Å²) in [4.78, 5) is 23.7. The van der Waals surface area contributed by atoms with Crippen molar-refractivity contribution in [3.63, 3.8) is 0 Å². The fourth-order valence-electron chi connectivity index (χ4n) is 2.95. The van der Waals surface area contributed by atoms with Gasteiger partial charge in [0.2, 0.25) is 0 Å². The summed E-state index contributed by atoms with van der Waals surface area (Å²) < 4.78 is 0. The number of rotatable bonds is 4. The molecule has 0 unspecified atom stereocenters. The molecule has 4 rings (SSSR count). The Morgan fingerprint density at radius 2 is 1.97 bits per heavy atom. The third kappa shape index (κ3) is 4.29. The molecule has 0 spiro atoms. The van der Waals surface area contributed by atoms with Crippen LogP contribution in [-0.2, 0) is 0 Å². The average Bonchev–Trinajstić information content (AvgIpc) is 3.20. The van der Waals surface area contributed by atoms with Crippen LogP contribution < -0.4 is 5.32 Å². The fraction of sp³-hybridized carbons (Fsp3) is 0.0870. The summed E-state index contributed by atoms with van der Waals surface area (Å²) >= 11 is 6.10. The zero-order valence-corrected chi connectivity index (χ0v) is 16.2. The molecule has 2 aromatic heterocycles. The molecule has 2 heterocycles. The van der Waals surface area contributed by atoms with Crippen molar-refractivity contribution in [3.8, 4) is 23.0 Å². The Labute approximate surface area is 173 Å². The summed E-state index contributed by atoms with van der Waals surface area (Å²) in [6.07, 6.45) is 4.02. The summed E-state index contributed by atoms with van der Waals surface area (Å²) in [5.41, 5.74) is 4.31. The lowest BCUT2D eigenvalue weighted by Gasteiger charge is -2.03. The third-order valence-corrected chi connectivity index (χ3v) is 4.65. The van der Waals surface area contributed by atoms with E-state index < -0.39 is 0 Å². The largest absolute Gasteiger partial charge is 0.348 e. The van der Waals surface area contributed by atoms with E-state index >= 15 is 0 Å². The lowest BCUT2D eigenvalue weighted by Crippen LogP contribution is -2.25. The molecule has 2 N–H and O–H groups in total. The molecule has 0 bridgehead atoms. The van der Waals surface area contributed by atoms with Crippen LogP contribution in [0.25, 0.3) is 22.2 Å².